The second-order valence-electron chi connectivity index (χ2n) is 5.89. The van der Waals surface area contributed by atoms with Crippen molar-refractivity contribution in [1.29, 1.82) is 0 Å². The van der Waals surface area contributed by atoms with Crippen molar-refractivity contribution in [3.63, 3.8) is 0 Å². The summed E-state index contributed by atoms with van der Waals surface area (Å²) in [5.41, 5.74) is 2.09. The third-order valence-corrected chi connectivity index (χ3v) is 3.83. The number of nitrogens with zero attached hydrogens (tertiary/aromatic N) is 3. The first-order valence-electron chi connectivity index (χ1n) is 8.46. The monoisotopic (exact) mass is 326 g/mol. The molecule has 2 aromatic rings. The third kappa shape index (κ3) is 7.33. The van der Waals surface area contributed by atoms with Gasteiger partial charge in [-0.2, -0.15) is 0 Å². The molecule has 0 bridgehead atoms. The van der Waals surface area contributed by atoms with Gasteiger partial charge < -0.3 is 9.90 Å². The topological polar surface area (TPSA) is 69.2 Å². The molecule has 0 atom stereocenters. The van der Waals surface area contributed by atoms with E-state index in [0.717, 1.165) is 50.3 Å². The molecule has 2 rings (SSSR count). The summed E-state index contributed by atoms with van der Waals surface area (Å²) in [4.78, 5) is 21.6. The van der Waals surface area contributed by atoms with E-state index < -0.39 is 5.97 Å². The highest BCUT2D eigenvalue weighted by Crippen LogP contribution is 2.10. The summed E-state index contributed by atoms with van der Waals surface area (Å²) in [5.74, 6) is -0.957. The van der Waals surface area contributed by atoms with Crippen molar-refractivity contribution in [2.24, 2.45) is 0 Å². The number of hydrogen-bond acceptors (Lipinski definition) is 5. The zero-order valence-corrected chi connectivity index (χ0v) is 13.9. The highest BCUT2D eigenvalue weighted by Gasteiger charge is 2.08. The van der Waals surface area contributed by atoms with Gasteiger partial charge in [-0.3, -0.25) is 14.9 Å². The average Bonchev–Trinajstić information content (AvgIpc) is 2.59. The maximum Gasteiger partial charge on any atom is 0.0544 e. The molecule has 24 heavy (non-hydrogen) atoms. The van der Waals surface area contributed by atoms with Crippen molar-refractivity contribution < 1.29 is 9.90 Å². The molecular formula is C19H24N3O2-. The van der Waals surface area contributed by atoms with Crippen molar-refractivity contribution in [3.8, 4) is 0 Å². The molecule has 0 N–H and O–H groups in total. The fraction of sp³-hybridized carbons (Fsp3) is 0.421. The number of pyridine rings is 2. The van der Waals surface area contributed by atoms with Gasteiger partial charge in [0.05, 0.1) is 11.4 Å². The van der Waals surface area contributed by atoms with Crippen LogP contribution in [0.25, 0.3) is 0 Å². The van der Waals surface area contributed by atoms with Crippen LogP contribution in [0.3, 0.4) is 0 Å². The van der Waals surface area contributed by atoms with Gasteiger partial charge in [0.1, 0.15) is 0 Å². The lowest BCUT2D eigenvalue weighted by Crippen LogP contribution is -2.25. The third-order valence-electron chi connectivity index (χ3n) is 3.83. The summed E-state index contributed by atoms with van der Waals surface area (Å²) in [6, 6.07) is 11.9. The zero-order chi connectivity index (χ0) is 17.0. The number of carbonyl (C=O) groups is 1. The summed E-state index contributed by atoms with van der Waals surface area (Å²) >= 11 is 0. The number of carboxylic acids is 1. The normalized spacial score (nSPS) is 10.9. The number of carbonyl (C=O) groups excluding carboxylic acids is 1. The average molecular weight is 326 g/mol. The molecule has 5 nitrogen and oxygen atoms in total. The lowest BCUT2D eigenvalue weighted by atomic mass is 10.1. The smallest absolute Gasteiger partial charge is 0.0544 e. The summed E-state index contributed by atoms with van der Waals surface area (Å²) in [6.45, 7) is 2.52. The van der Waals surface area contributed by atoms with Crippen LogP contribution in [-0.2, 0) is 17.9 Å². The van der Waals surface area contributed by atoms with Crippen LogP contribution in [0.1, 0.15) is 43.5 Å². The van der Waals surface area contributed by atoms with Gasteiger partial charge in [0.25, 0.3) is 0 Å². The molecule has 0 amide bonds. The Bertz CT molecular complexity index is 549. The molecule has 0 radical (unpaired) electrons. The van der Waals surface area contributed by atoms with E-state index >= 15 is 0 Å². The van der Waals surface area contributed by atoms with Gasteiger partial charge >= 0.3 is 0 Å². The second-order valence-corrected chi connectivity index (χ2v) is 5.89. The number of aliphatic carboxylic acids is 1. The quantitative estimate of drug-likeness (QED) is 0.592. The largest absolute Gasteiger partial charge is 0.550 e. The molecule has 0 aliphatic carbocycles. The van der Waals surface area contributed by atoms with Gasteiger partial charge in [-0.15, -0.1) is 0 Å². The predicted molar refractivity (Wildman–Crippen MR) is 90.7 cm³/mol. The number of aromatic nitrogens is 2. The summed E-state index contributed by atoms with van der Waals surface area (Å²) < 4.78 is 0. The highest BCUT2D eigenvalue weighted by atomic mass is 16.4. The van der Waals surface area contributed by atoms with Crippen molar-refractivity contribution in [1.82, 2.24) is 14.9 Å². The molecule has 0 unspecified atom stereocenters. The predicted octanol–water partition coefficient (Wildman–Crippen LogP) is 2.18. The number of rotatable bonds is 11. The molecule has 0 fully saturated rings. The molecule has 0 spiro atoms. The number of carboxylic acid groups (broad SMARTS) is 1. The van der Waals surface area contributed by atoms with E-state index in [1.54, 1.807) is 0 Å². The minimum absolute atomic E-state index is 0.158. The van der Waals surface area contributed by atoms with Gasteiger partial charge in [0.15, 0.2) is 0 Å². The summed E-state index contributed by atoms with van der Waals surface area (Å²) in [5, 5.41) is 10.4. The number of hydrogen-bond donors (Lipinski definition) is 0. The second kappa shape index (κ2) is 10.5. The van der Waals surface area contributed by atoms with E-state index in [4.69, 9.17) is 0 Å². The lowest BCUT2D eigenvalue weighted by Gasteiger charge is -2.21. The Morgan fingerprint density at radius 1 is 0.875 bits per heavy atom. The SMILES string of the molecule is O=C([O-])CCCCCCN(Cc1ccccn1)Cc1ccccn1. The van der Waals surface area contributed by atoms with Crippen molar-refractivity contribution in [3.05, 3.63) is 60.2 Å². The first kappa shape index (κ1) is 18.1. The van der Waals surface area contributed by atoms with Crippen LogP contribution in [0, 0.1) is 0 Å². The van der Waals surface area contributed by atoms with E-state index in [1.165, 1.54) is 0 Å². The Labute approximate surface area is 143 Å². The minimum atomic E-state index is -0.957. The fourth-order valence-corrected chi connectivity index (χ4v) is 2.61. The van der Waals surface area contributed by atoms with E-state index in [9.17, 15) is 9.90 Å². The molecule has 5 heteroatoms. The number of unbranched alkanes of at least 4 members (excludes halogenated alkanes) is 3. The van der Waals surface area contributed by atoms with Gasteiger partial charge in [-0.1, -0.05) is 25.0 Å². The first-order valence-corrected chi connectivity index (χ1v) is 8.46. The standard InChI is InChI=1S/C19H25N3O2/c23-19(24)11-3-1-2-8-14-22(15-17-9-4-6-12-20-17)16-18-10-5-7-13-21-18/h4-7,9-10,12-13H,1-3,8,11,14-16H2,(H,23,24)/p-1. The molecule has 0 saturated carbocycles. The zero-order valence-electron chi connectivity index (χ0n) is 13.9. The van der Waals surface area contributed by atoms with Crippen LogP contribution < -0.4 is 5.11 Å². The van der Waals surface area contributed by atoms with Crippen LogP contribution in [0.15, 0.2) is 48.8 Å². The maximum atomic E-state index is 10.4. The van der Waals surface area contributed by atoms with E-state index in [0.29, 0.717) is 6.42 Å². The molecule has 2 heterocycles. The molecule has 0 saturated heterocycles. The van der Waals surface area contributed by atoms with Gasteiger partial charge in [0, 0.05) is 31.5 Å². The van der Waals surface area contributed by atoms with Crippen LogP contribution in [0.2, 0.25) is 0 Å². The molecule has 2 aromatic heterocycles. The highest BCUT2D eigenvalue weighted by molar-refractivity contribution is 5.64. The lowest BCUT2D eigenvalue weighted by molar-refractivity contribution is -0.305. The van der Waals surface area contributed by atoms with Crippen molar-refractivity contribution in [2.45, 2.75) is 45.2 Å². The van der Waals surface area contributed by atoms with Crippen LogP contribution in [-0.4, -0.2) is 27.4 Å². The molecule has 0 aliphatic rings. The van der Waals surface area contributed by atoms with Crippen molar-refractivity contribution >= 4 is 5.97 Å². The van der Waals surface area contributed by atoms with Crippen LogP contribution in [0.4, 0.5) is 0 Å². The van der Waals surface area contributed by atoms with E-state index in [2.05, 4.69) is 14.9 Å². The van der Waals surface area contributed by atoms with Gasteiger partial charge in [-0.25, -0.2) is 0 Å². The summed E-state index contributed by atoms with van der Waals surface area (Å²) in [6.07, 6.45) is 7.47. The Morgan fingerprint density at radius 2 is 1.46 bits per heavy atom. The van der Waals surface area contributed by atoms with Gasteiger partial charge in [0.2, 0.25) is 0 Å². The maximum absolute atomic E-state index is 10.4. The fourth-order valence-electron chi connectivity index (χ4n) is 2.61. The Kier molecular flexibility index (Phi) is 7.90. The Balaban J connectivity index is 1.82. The molecule has 0 aliphatic heterocycles. The molecule has 0 aromatic carbocycles. The van der Waals surface area contributed by atoms with E-state index in [1.807, 2.05) is 48.8 Å². The van der Waals surface area contributed by atoms with Gasteiger partial charge in [-0.05, 0) is 50.1 Å². The van der Waals surface area contributed by atoms with Crippen LogP contribution >= 0.6 is 0 Å². The molecular weight excluding hydrogens is 302 g/mol. The minimum Gasteiger partial charge on any atom is -0.550 e. The molecule has 128 valence electrons. The summed E-state index contributed by atoms with van der Waals surface area (Å²) in [7, 11) is 0. The van der Waals surface area contributed by atoms with Crippen LogP contribution in [0.5, 0.6) is 0 Å². The first-order chi connectivity index (χ1) is 11.7. The Morgan fingerprint density at radius 3 is 1.96 bits per heavy atom. The van der Waals surface area contributed by atoms with Crippen molar-refractivity contribution in [2.75, 3.05) is 6.54 Å². The van der Waals surface area contributed by atoms with E-state index in [-0.39, 0.29) is 6.42 Å². The Hall–Kier alpha value is -2.27.